The lowest BCUT2D eigenvalue weighted by Gasteiger charge is -2.37. The highest BCUT2D eigenvalue weighted by Crippen LogP contribution is 2.35. The van der Waals surface area contributed by atoms with E-state index in [0.717, 1.165) is 32.5 Å². The fraction of sp³-hybridized carbons (Fsp3) is 0.556. The quantitative estimate of drug-likeness (QED) is 0.839. The van der Waals surface area contributed by atoms with Crippen LogP contribution in [0.5, 0.6) is 5.88 Å². The number of hydrogen-bond donors (Lipinski definition) is 0. The number of fused-ring (bicyclic) bond motifs is 1. The largest absolute Gasteiger partial charge is 0.477 e. The van der Waals surface area contributed by atoms with Crippen molar-refractivity contribution in [2.75, 3.05) is 19.8 Å². The molecule has 0 bridgehead atoms. The molecule has 2 aromatic heterocycles. The van der Waals surface area contributed by atoms with Gasteiger partial charge in [0.1, 0.15) is 0 Å². The van der Waals surface area contributed by atoms with E-state index in [1.807, 2.05) is 36.1 Å². The third kappa shape index (κ3) is 3.44. The van der Waals surface area contributed by atoms with Gasteiger partial charge in [-0.1, -0.05) is 6.07 Å². The van der Waals surface area contributed by atoms with E-state index in [4.69, 9.17) is 9.47 Å². The molecule has 0 aromatic carbocycles. The van der Waals surface area contributed by atoms with Crippen molar-refractivity contribution in [2.24, 2.45) is 13.0 Å². The van der Waals surface area contributed by atoms with Crippen LogP contribution in [0.3, 0.4) is 0 Å². The molecule has 2 fully saturated rings. The zero-order chi connectivity index (χ0) is 16.4. The molecule has 0 radical (unpaired) electrons. The minimum Gasteiger partial charge on any atom is -0.477 e. The molecular weight excluding hydrogens is 304 g/mol. The summed E-state index contributed by atoms with van der Waals surface area (Å²) in [7, 11) is 1.96. The molecule has 1 saturated heterocycles. The molecule has 0 amide bonds. The first-order chi connectivity index (χ1) is 11.8. The Morgan fingerprint density at radius 1 is 1.33 bits per heavy atom. The van der Waals surface area contributed by atoms with Gasteiger partial charge in [0.2, 0.25) is 5.88 Å². The maximum absolute atomic E-state index is 6.02. The summed E-state index contributed by atoms with van der Waals surface area (Å²) in [5.41, 5.74) is 1.27. The van der Waals surface area contributed by atoms with Crippen LogP contribution in [-0.4, -0.2) is 51.6 Å². The van der Waals surface area contributed by atoms with Crippen molar-refractivity contribution >= 4 is 0 Å². The van der Waals surface area contributed by atoms with Gasteiger partial charge < -0.3 is 9.47 Å². The Balaban J connectivity index is 1.35. The van der Waals surface area contributed by atoms with Gasteiger partial charge in [0.15, 0.2) is 0 Å². The third-order valence-electron chi connectivity index (χ3n) is 5.00. The summed E-state index contributed by atoms with van der Waals surface area (Å²) in [5.74, 6) is 1.23. The Labute approximate surface area is 142 Å². The first kappa shape index (κ1) is 15.6. The minimum absolute atomic E-state index is 0.327. The van der Waals surface area contributed by atoms with Crippen molar-refractivity contribution in [1.82, 2.24) is 19.7 Å². The van der Waals surface area contributed by atoms with Crippen LogP contribution in [0.1, 0.15) is 18.4 Å². The van der Waals surface area contributed by atoms with Crippen LogP contribution < -0.4 is 4.74 Å². The zero-order valence-corrected chi connectivity index (χ0v) is 14.0. The van der Waals surface area contributed by atoms with Gasteiger partial charge in [0, 0.05) is 50.2 Å². The van der Waals surface area contributed by atoms with Crippen molar-refractivity contribution < 1.29 is 9.47 Å². The van der Waals surface area contributed by atoms with Crippen LogP contribution in [0.4, 0.5) is 0 Å². The Morgan fingerprint density at radius 2 is 2.29 bits per heavy atom. The molecule has 1 saturated carbocycles. The molecule has 0 spiro atoms. The Morgan fingerprint density at radius 3 is 3.08 bits per heavy atom. The molecule has 1 aliphatic heterocycles. The summed E-state index contributed by atoms with van der Waals surface area (Å²) in [6.07, 6.45) is 8.34. The molecule has 3 atom stereocenters. The molecule has 4 rings (SSSR count). The molecule has 24 heavy (non-hydrogen) atoms. The second-order valence-electron chi connectivity index (χ2n) is 6.79. The number of aryl methyl sites for hydroxylation is 1. The molecule has 6 nitrogen and oxygen atoms in total. The normalized spacial score (nSPS) is 27.1. The predicted molar refractivity (Wildman–Crippen MR) is 89.6 cm³/mol. The molecule has 1 aliphatic carbocycles. The monoisotopic (exact) mass is 328 g/mol. The number of ether oxygens (including phenoxy) is 2. The second-order valence-corrected chi connectivity index (χ2v) is 6.79. The lowest BCUT2D eigenvalue weighted by molar-refractivity contribution is -0.0590. The highest BCUT2D eigenvalue weighted by Gasteiger charge is 2.41. The number of rotatable bonds is 5. The van der Waals surface area contributed by atoms with Crippen molar-refractivity contribution in [3.05, 3.63) is 42.4 Å². The van der Waals surface area contributed by atoms with E-state index in [1.54, 1.807) is 6.20 Å². The van der Waals surface area contributed by atoms with E-state index >= 15 is 0 Å². The van der Waals surface area contributed by atoms with Crippen LogP contribution in [0.25, 0.3) is 0 Å². The van der Waals surface area contributed by atoms with Gasteiger partial charge in [-0.05, 0) is 24.8 Å². The number of pyridine rings is 1. The SMILES string of the molecule is Cn1cc(CN2CCO[C@@H]3C[C@@H](COc4ccccn4)C[C@@H]32)cn1. The van der Waals surface area contributed by atoms with Gasteiger partial charge >= 0.3 is 0 Å². The van der Waals surface area contributed by atoms with E-state index in [9.17, 15) is 0 Å². The van der Waals surface area contributed by atoms with Gasteiger partial charge in [-0.25, -0.2) is 4.98 Å². The Bertz CT molecular complexity index is 660. The van der Waals surface area contributed by atoms with Crippen LogP contribution in [0, 0.1) is 5.92 Å². The fourth-order valence-corrected chi connectivity index (χ4v) is 3.88. The first-order valence-corrected chi connectivity index (χ1v) is 8.65. The van der Waals surface area contributed by atoms with E-state index in [2.05, 4.69) is 21.2 Å². The minimum atomic E-state index is 0.327. The molecule has 2 aromatic rings. The van der Waals surface area contributed by atoms with Gasteiger partial charge in [-0.2, -0.15) is 5.10 Å². The van der Waals surface area contributed by atoms with Crippen molar-refractivity contribution in [3.63, 3.8) is 0 Å². The maximum Gasteiger partial charge on any atom is 0.213 e. The Kier molecular flexibility index (Phi) is 4.49. The average molecular weight is 328 g/mol. The lowest BCUT2D eigenvalue weighted by atomic mass is 10.1. The van der Waals surface area contributed by atoms with Gasteiger partial charge in [-0.3, -0.25) is 9.58 Å². The number of nitrogens with zero attached hydrogens (tertiary/aromatic N) is 4. The molecule has 6 heteroatoms. The summed E-state index contributed by atoms with van der Waals surface area (Å²) < 4.78 is 13.7. The van der Waals surface area contributed by atoms with Crippen LogP contribution in [0.15, 0.2) is 36.8 Å². The smallest absolute Gasteiger partial charge is 0.213 e. The van der Waals surface area contributed by atoms with Crippen LogP contribution >= 0.6 is 0 Å². The second kappa shape index (κ2) is 6.91. The highest BCUT2D eigenvalue weighted by molar-refractivity contribution is 5.09. The maximum atomic E-state index is 6.02. The van der Waals surface area contributed by atoms with Crippen LogP contribution in [0.2, 0.25) is 0 Å². The van der Waals surface area contributed by atoms with Gasteiger partial charge in [0.25, 0.3) is 0 Å². The van der Waals surface area contributed by atoms with Gasteiger partial charge in [-0.15, -0.1) is 0 Å². The van der Waals surface area contributed by atoms with Crippen molar-refractivity contribution in [2.45, 2.75) is 31.5 Å². The summed E-state index contributed by atoms with van der Waals surface area (Å²) in [4.78, 5) is 6.78. The standard InChI is InChI=1S/C18H24N4O2/c1-21-11-15(10-20-21)12-22-6-7-23-17-9-14(8-16(17)22)13-24-18-4-2-3-5-19-18/h2-5,10-11,14,16-17H,6-9,12-13H2,1H3/t14-,16-,17+/m0/s1. The van der Waals surface area contributed by atoms with Gasteiger partial charge in [0.05, 0.1) is 25.5 Å². The molecule has 0 unspecified atom stereocenters. The molecule has 3 heterocycles. The topological polar surface area (TPSA) is 52.4 Å². The summed E-state index contributed by atoms with van der Waals surface area (Å²) in [6.45, 7) is 3.47. The number of hydrogen-bond acceptors (Lipinski definition) is 5. The fourth-order valence-electron chi connectivity index (χ4n) is 3.88. The summed E-state index contributed by atoms with van der Waals surface area (Å²) >= 11 is 0. The Hall–Kier alpha value is -1.92. The predicted octanol–water partition coefficient (Wildman–Crippen LogP) is 1.87. The molecular formula is C18H24N4O2. The molecule has 128 valence electrons. The zero-order valence-electron chi connectivity index (χ0n) is 14.0. The number of aromatic nitrogens is 3. The summed E-state index contributed by atoms with van der Waals surface area (Å²) in [6, 6.07) is 6.25. The van der Waals surface area contributed by atoms with Crippen LogP contribution in [-0.2, 0) is 18.3 Å². The number of morpholine rings is 1. The average Bonchev–Trinajstić information content (AvgIpc) is 3.20. The van der Waals surface area contributed by atoms with Crippen molar-refractivity contribution in [3.8, 4) is 5.88 Å². The van der Waals surface area contributed by atoms with E-state index in [1.165, 1.54) is 5.56 Å². The lowest BCUT2D eigenvalue weighted by Crippen LogP contribution is -2.47. The molecule has 2 aliphatic rings. The first-order valence-electron chi connectivity index (χ1n) is 8.65. The van der Waals surface area contributed by atoms with E-state index < -0.39 is 0 Å². The third-order valence-corrected chi connectivity index (χ3v) is 5.00. The molecule has 0 N–H and O–H groups in total. The van der Waals surface area contributed by atoms with E-state index in [-0.39, 0.29) is 0 Å². The van der Waals surface area contributed by atoms with Crippen molar-refractivity contribution in [1.29, 1.82) is 0 Å². The highest BCUT2D eigenvalue weighted by atomic mass is 16.5. The van der Waals surface area contributed by atoms with E-state index in [0.29, 0.717) is 30.6 Å². The summed E-state index contributed by atoms with van der Waals surface area (Å²) in [5, 5.41) is 4.28.